The molecule has 0 atom stereocenters. The average molecular weight is 245 g/mol. The summed E-state index contributed by atoms with van der Waals surface area (Å²) in [6.45, 7) is 1.31. The highest BCUT2D eigenvalue weighted by atomic mass is 16.5. The summed E-state index contributed by atoms with van der Waals surface area (Å²) in [6.07, 6.45) is 3.67. The van der Waals surface area contributed by atoms with Crippen LogP contribution in [0.5, 0.6) is 0 Å². The van der Waals surface area contributed by atoms with Gasteiger partial charge in [-0.25, -0.2) is 0 Å². The lowest BCUT2D eigenvalue weighted by Crippen LogP contribution is -2.56. The van der Waals surface area contributed by atoms with Crippen LogP contribution in [0, 0.1) is 0 Å². The van der Waals surface area contributed by atoms with Crippen molar-refractivity contribution in [2.75, 3.05) is 20.3 Å². The van der Waals surface area contributed by atoms with Gasteiger partial charge in [0.2, 0.25) is 5.91 Å². The van der Waals surface area contributed by atoms with Gasteiger partial charge in [0.15, 0.2) is 0 Å². The number of carbonyl (C=O) groups is 1. The Morgan fingerprint density at radius 1 is 1.41 bits per heavy atom. The first-order valence-corrected chi connectivity index (χ1v) is 6.13. The lowest BCUT2D eigenvalue weighted by Gasteiger charge is -2.41. The van der Waals surface area contributed by atoms with Gasteiger partial charge in [0.25, 0.3) is 0 Å². The summed E-state index contributed by atoms with van der Waals surface area (Å²) in [5, 5.41) is 21.2. The first-order valence-electron chi connectivity index (χ1n) is 6.13. The smallest absolute Gasteiger partial charge is 0.223 e. The summed E-state index contributed by atoms with van der Waals surface area (Å²) in [5.74, 6) is -0.170. The second-order valence-corrected chi connectivity index (χ2v) is 4.92. The minimum absolute atomic E-state index is 0.170. The molecule has 1 aliphatic rings. The van der Waals surface area contributed by atoms with Crippen LogP contribution >= 0.6 is 0 Å². The Kier molecular flexibility index (Phi) is 4.91. The number of aliphatic hydroxyl groups excluding tert-OH is 2. The number of rotatable bonds is 7. The Morgan fingerprint density at radius 3 is 2.29 bits per heavy atom. The van der Waals surface area contributed by atoms with Crippen LogP contribution in [-0.4, -0.2) is 47.6 Å². The predicted octanol–water partition coefficient (Wildman–Crippen LogP) is 0.195. The Balaban J connectivity index is 2.53. The Hall–Kier alpha value is -0.650. The predicted molar refractivity (Wildman–Crippen MR) is 63.5 cm³/mol. The zero-order chi connectivity index (χ0) is 12.9. The van der Waals surface area contributed by atoms with Crippen LogP contribution in [-0.2, 0) is 9.53 Å². The van der Waals surface area contributed by atoms with E-state index in [-0.39, 0.29) is 24.7 Å². The quantitative estimate of drug-likeness (QED) is 0.598. The second kappa shape index (κ2) is 5.80. The van der Waals surface area contributed by atoms with Crippen LogP contribution in [0.1, 0.15) is 39.0 Å². The standard InChI is InChI=1S/C12H23NO4/c1-3-11(8-14,9-15)13-10(16)7-12(17-2)5-4-6-12/h14-15H,3-9H2,1-2H3,(H,13,16). The summed E-state index contributed by atoms with van der Waals surface area (Å²) >= 11 is 0. The van der Waals surface area contributed by atoms with Crippen molar-refractivity contribution in [3.63, 3.8) is 0 Å². The molecule has 1 rings (SSSR count). The van der Waals surface area contributed by atoms with Crippen LogP contribution in [0.15, 0.2) is 0 Å². The maximum atomic E-state index is 11.9. The third-order valence-corrected chi connectivity index (χ3v) is 3.87. The highest BCUT2D eigenvalue weighted by Gasteiger charge is 2.40. The van der Waals surface area contributed by atoms with Crippen molar-refractivity contribution < 1.29 is 19.7 Å². The molecule has 1 aliphatic carbocycles. The molecule has 0 spiro atoms. The van der Waals surface area contributed by atoms with E-state index in [4.69, 9.17) is 4.74 Å². The molecule has 0 aliphatic heterocycles. The van der Waals surface area contributed by atoms with Crippen molar-refractivity contribution in [3.8, 4) is 0 Å². The first kappa shape index (κ1) is 14.4. The molecule has 0 aromatic rings. The molecule has 0 saturated heterocycles. The van der Waals surface area contributed by atoms with Crippen LogP contribution in [0.3, 0.4) is 0 Å². The van der Waals surface area contributed by atoms with E-state index in [2.05, 4.69) is 5.32 Å². The highest BCUT2D eigenvalue weighted by molar-refractivity contribution is 5.78. The minimum atomic E-state index is -0.907. The van der Waals surface area contributed by atoms with Crippen molar-refractivity contribution in [3.05, 3.63) is 0 Å². The number of ether oxygens (including phenoxy) is 1. The number of aliphatic hydroxyl groups is 2. The maximum absolute atomic E-state index is 11.9. The zero-order valence-corrected chi connectivity index (χ0v) is 10.7. The van der Waals surface area contributed by atoms with E-state index < -0.39 is 5.54 Å². The summed E-state index contributed by atoms with van der Waals surface area (Å²) in [6, 6.07) is 0. The molecule has 5 heteroatoms. The van der Waals surface area contributed by atoms with E-state index in [0.717, 1.165) is 19.3 Å². The fourth-order valence-corrected chi connectivity index (χ4v) is 2.10. The van der Waals surface area contributed by atoms with Gasteiger partial charge in [0, 0.05) is 7.11 Å². The van der Waals surface area contributed by atoms with Crippen molar-refractivity contribution in [1.29, 1.82) is 0 Å². The van der Waals surface area contributed by atoms with Gasteiger partial charge in [-0.15, -0.1) is 0 Å². The van der Waals surface area contributed by atoms with Crippen molar-refractivity contribution in [2.24, 2.45) is 0 Å². The molecule has 5 nitrogen and oxygen atoms in total. The highest BCUT2D eigenvalue weighted by Crippen LogP contribution is 2.38. The molecule has 3 N–H and O–H groups in total. The lowest BCUT2D eigenvalue weighted by atomic mass is 9.77. The SMILES string of the molecule is CCC(CO)(CO)NC(=O)CC1(OC)CCC1. The molecule has 1 fully saturated rings. The van der Waals surface area contributed by atoms with Gasteiger partial charge in [0.05, 0.1) is 30.8 Å². The molecule has 0 unspecified atom stereocenters. The number of amides is 1. The lowest BCUT2D eigenvalue weighted by molar-refractivity contribution is -0.137. The molecule has 0 bridgehead atoms. The third kappa shape index (κ3) is 3.18. The summed E-state index contributed by atoms with van der Waals surface area (Å²) in [5.41, 5.74) is -1.23. The molecule has 0 aromatic heterocycles. The molecular weight excluding hydrogens is 222 g/mol. The number of nitrogens with one attached hydrogen (secondary N) is 1. The Morgan fingerprint density at radius 2 is 2.00 bits per heavy atom. The largest absolute Gasteiger partial charge is 0.394 e. The number of hydrogen-bond donors (Lipinski definition) is 3. The van der Waals surface area contributed by atoms with Crippen LogP contribution in [0.25, 0.3) is 0 Å². The van der Waals surface area contributed by atoms with Crippen LogP contribution in [0.2, 0.25) is 0 Å². The molecule has 1 amide bonds. The maximum Gasteiger partial charge on any atom is 0.223 e. The Labute approximate surface area is 102 Å². The van der Waals surface area contributed by atoms with Gasteiger partial charge >= 0.3 is 0 Å². The van der Waals surface area contributed by atoms with Gasteiger partial charge < -0.3 is 20.3 Å². The molecule has 0 radical (unpaired) electrons. The molecular formula is C12H23NO4. The van der Waals surface area contributed by atoms with E-state index in [1.807, 2.05) is 6.92 Å². The molecule has 1 saturated carbocycles. The van der Waals surface area contributed by atoms with Crippen molar-refractivity contribution in [2.45, 2.75) is 50.2 Å². The monoisotopic (exact) mass is 245 g/mol. The molecule has 17 heavy (non-hydrogen) atoms. The first-order chi connectivity index (χ1) is 8.05. The minimum Gasteiger partial charge on any atom is -0.394 e. The van der Waals surface area contributed by atoms with Crippen molar-refractivity contribution >= 4 is 5.91 Å². The second-order valence-electron chi connectivity index (χ2n) is 4.92. The van der Waals surface area contributed by atoms with E-state index in [9.17, 15) is 15.0 Å². The third-order valence-electron chi connectivity index (χ3n) is 3.87. The van der Waals surface area contributed by atoms with Crippen LogP contribution in [0.4, 0.5) is 0 Å². The molecule has 0 aromatic carbocycles. The van der Waals surface area contributed by atoms with E-state index in [0.29, 0.717) is 12.8 Å². The Bertz CT molecular complexity index is 245. The summed E-state index contributed by atoms with van der Waals surface area (Å²) < 4.78 is 5.37. The fraction of sp³-hybridized carbons (Fsp3) is 0.917. The molecule has 0 heterocycles. The van der Waals surface area contributed by atoms with E-state index in [1.54, 1.807) is 7.11 Å². The number of carbonyl (C=O) groups excluding carboxylic acids is 1. The topological polar surface area (TPSA) is 78.8 Å². The van der Waals surface area contributed by atoms with Gasteiger partial charge in [0.1, 0.15) is 0 Å². The summed E-state index contributed by atoms with van der Waals surface area (Å²) in [7, 11) is 1.62. The van der Waals surface area contributed by atoms with Crippen molar-refractivity contribution in [1.82, 2.24) is 5.32 Å². The van der Waals surface area contributed by atoms with E-state index in [1.165, 1.54) is 0 Å². The summed E-state index contributed by atoms with van der Waals surface area (Å²) in [4.78, 5) is 11.9. The zero-order valence-electron chi connectivity index (χ0n) is 10.7. The van der Waals surface area contributed by atoms with Gasteiger partial charge in [-0.3, -0.25) is 4.79 Å². The molecule has 100 valence electrons. The average Bonchev–Trinajstić information content (AvgIpc) is 2.31. The number of hydrogen-bond acceptors (Lipinski definition) is 4. The fourth-order valence-electron chi connectivity index (χ4n) is 2.10. The van der Waals surface area contributed by atoms with Gasteiger partial charge in [-0.05, 0) is 25.7 Å². The van der Waals surface area contributed by atoms with Gasteiger partial charge in [-0.2, -0.15) is 0 Å². The number of methoxy groups -OCH3 is 1. The van der Waals surface area contributed by atoms with Gasteiger partial charge in [-0.1, -0.05) is 6.92 Å². The van der Waals surface area contributed by atoms with Crippen LogP contribution < -0.4 is 5.32 Å². The van der Waals surface area contributed by atoms with E-state index >= 15 is 0 Å². The normalized spacial score (nSPS) is 18.6.